The maximum atomic E-state index is 12.2. The highest BCUT2D eigenvalue weighted by molar-refractivity contribution is 7.89. The first kappa shape index (κ1) is 23.8. The van der Waals surface area contributed by atoms with Gasteiger partial charge in [-0.1, -0.05) is 0 Å². The zero-order chi connectivity index (χ0) is 24.0. The molecule has 0 saturated heterocycles. The molecule has 0 fully saturated rings. The fraction of sp³-hybridized carbons (Fsp3) is 0.100. The Morgan fingerprint density at radius 1 is 0.939 bits per heavy atom. The third kappa shape index (κ3) is 6.83. The number of aromatic nitrogens is 1. The second-order valence-corrected chi connectivity index (χ2v) is 9.09. The van der Waals surface area contributed by atoms with E-state index in [0.29, 0.717) is 27.8 Å². The molecule has 6 N–H and O–H groups in total. The summed E-state index contributed by atoms with van der Waals surface area (Å²) in [5.41, 5.74) is 1.81. The summed E-state index contributed by atoms with van der Waals surface area (Å²) >= 11 is 1.15. The zero-order valence-electron chi connectivity index (χ0n) is 17.3. The monoisotopic (exact) mass is 488 g/mol. The van der Waals surface area contributed by atoms with Crippen LogP contribution in [0.1, 0.15) is 16.1 Å². The van der Waals surface area contributed by atoms with Gasteiger partial charge >= 0.3 is 6.03 Å². The minimum Gasteiger partial charge on any atom is -0.355 e. The topological polar surface area (TPSA) is 172 Å². The van der Waals surface area contributed by atoms with Crippen LogP contribution in [-0.2, 0) is 21.2 Å². The number of carbonyl (C=O) groups is 3. The van der Waals surface area contributed by atoms with Gasteiger partial charge in [-0.05, 0) is 48.5 Å². The molecule has 3 rings (SSSR count). The molecule has 0 aliphatic carbocycles. The minimum absolute atomic E-state index is 0.0440. The van der Waals surface area contributed by atoms with Gasteiger partial charge in [0, 0.05) is 29.4 Å². The Bertz CT molecular complexity index is 1270. The van der Waals surface area contributed by atoms with Crippen LogP contribution < -0.4 is 26.4 Å². The van der Waals surface area contributed by atoms with Crippen molar-refractivity contribution >= 4 is 55.7 Å². The van der Waals surface area contributed by atoms with Crippen molar-refractivity contribution in [3.8, 4) is 0 Å². The summed E-state index contributed by atoms with van der Waals surface area (Å²) < 4.78 is 22.5. The fourth-order valence-electron chi connectivity index (χ4n) is 2.65. The molecular formula is C20H20N6O5S2. The maximum Gasteiger partial charge on any atom is 0.325 e. The Balaban J connectivity index is 1.51. The lowest BCUT2D eigenvalue weighted by molar-refractivity contribution is -0.115. The molecule has 1 heterocycles. The number of nitrogens with zero attached hydrogens (tertiary/aromatic N) is 1. The van der Waals surface area contributed by atoms with E-state index >= 15 is 0 Å². The molecule has 0 bridgehead atoms. The van der Waals surface area contributed by atoms with Gasteiger partial charge in [0.05, 0.1) is 17.0 Å². The van der Waals surface area contributed by atoms with Gasteiger partial charge in [-0.3, -0.25) is 14.9 Å². The van der Waals surface area contributed by atoms with E-state index in [1.54, 1.807) is 29.6 Å². The van der Waals surface area contributed by atoms with Crippen molar-refractivity contribution in [3.05, 3.63) is 65.2 Å². The van der Waals surface area contributed by atoms with Crippen molar-refractivity contribution in [2.75, 3.05) is 23.0 Å². The van der Waals surface area contributed by atoms with Crippen molar-refractivity contribution in [1.29, 1.82) is 0 Å². The molecular weight excluding hydrogens is 468 g/mol. The summed E-state index contributed by atoms with van der Waals surface area (Å²) in [4.78, 5) is 40.1. The molecule has 172 valence electrons. The van der Waals surface area contributed by atoms with Gasteiger partial charge in [-0.2, -0.15) is 0 Å². The summed E-state index contributed by atoms with van der Waals surface area (Å²) in [5, 5.41) is 17.3. The lowest BCUT2D eigenvalue weighted by atomic mass is 10.2. The number of benzene rings is 2. The minimum atomic E-state index is -3.81. The molecule has 0 spiro atoms. The van der Waals surface area contributed by atoms with Crippen molar-refractivity contribution in [1.82, 2.24) is 10.3 Å². The molecule has 0 radical (unpaired) electrons. The molecule has 2 aromatic carbocycles. The summed E-state index contributed by atoms with van der Waals surface area (Å²) in [5.74, 6) is -0.596. The van der Waals surface area contributed by atoms with Crippen LogP contribution in [0.15, 0.2) is 58.8 Å². The molecule has 3 aromatic rings. The van der Waals surface area contributed by atoms with Crippen LogP contribution in [0.2, 0.25) is 0 Å². The van der Waals surface area contributed by atoms with E-state index in [-0.39, 0.29) is 23.1 Å². The molecule has 1 aromatic heterocycles. The number of urea groups is 1. The highest BCUT2D eigenvalue weighted by atomic mass is 32.2. The van der Waals surface area contributed by atoms with E-state index in [0.717, 1.165) is 11.3 Å². The molecule has 0 saturated carbocycles. The number of nitrogens with one attached hydrogen (secondary N) is 4. The predicted molar refractivity (Wildman–Crippen MR) is 125 cm³/mol. The molecule has 0 aliphatic rings. The van der Waals surface area contributed by atoms with E-state index in [1.165, 1.54) is 31.3 Å². The highest BCUT2D eigenvalue weighted by Gasteiger charge is 2.12. The van der Waals surface area contributed by atoms with Crippen molar-refractivity contribution in [3.63, 3.8) is 0 Å². The standard InChI is InChI=1S/C20H20N6O5S2/c1-22-18(28)12-2-4-14(5-3-12)24-19(29)26-20-25-15(11-32-20)10-17(27)23-13-6-8-16(9-7-13)33(21,30)31/h2-9,11H,10H2,1H3,(H,22,28)(H,23,27)(H2,21,30,31)(H2,24,25,26,29). The van der Waals surface area contributed by atoms with Crippen LogP contribution in [-0.4, -0.2) is 38.3 Å². The van der Waals surface area contributed by atoms with Crippen molar-refractivity contribution in [2.24, 2.45) is 5.14 Å². The number of hydrogen-bond donors (Lipinski definition) is 5. The van der Waals surface area contributed by atoms with Crippen LogP contribution in [0, 0.1) is 0 Å². The third-order valence-corrected chi connectivity index (χ3v) is 5.95. The lowest BCUT2D eigenvalue weighted by Gasteiger charge is -2.06. The number of nitrogens with two attached hydrogens (primary N) is 1. The Morgan fingerprint density at radius 2 is 1.55 bits per heavy atom. The molecule has 0 aliphatic heterocycles. The Morgan fingerprint density at radius 3 is 2.15 bits per heavy atom. The summed E-state index contributed by atoms with van der Waals surface area (Å²) in [7, 11) is -2.28. The van der Waals surface area contributed by atoms with Gasteiger partial charge in [-0.25, -0.2) is 23.3 Å². The zero-order valence-corrected chi connectivity index (χ0v) is 18.9. The number of hydrogen-bond acceptors (Lipinski definition) is 7. The number of primary sulfonamides is 1. The molecule has 11 nitrogen and oxygen atoms in total. The number of rotatable bonds is 7. The van der Waals surface area contributed by atoms with Gasteiger partial charge in [0.2, 0.25) is 15.9 Å². The summed E-state index contributed by atoms with van der Waals surface area (Å²) in [6.07, 6.45) is -0.0440. The SMILES string of the molecule is CNC(=O)c1ccc(NC(=O)Nc2nc(CC(=O)Nc3ccc(S(N)(=O)=O)cc3)cs2)cc1. The Hall–Kier alpha value is -3.81. The quantitative estimate of drug-likeness (QED) is 0.340. The fourth-order valence-corrected chi connectivity index (χ4v) is 3.87. The number of carbonyl (C=O) groups excluding carboxylic acids is 3. The van der Waals surface area contributed by atoms with E-state index in [4.69, 9.17) is 5.14 Å². The van der Waals surface area contributed by atoms with Gasteiger partial charge in [0.15, 0.2) is 5.13 Å². The number of thiazole rings is 1. The van der Waals surface area contributed by atoms with Crippen LogP contribution in [0.25, 0.3) is 0 Å². The number of anilines is 3. The molecule has 0 unspecified atom stereocenters. The molecule has 0 atom stereocenters. The summed E-state index contributed by atoms with van der Waals surface area (Å²) in [6, 6.07) is 11.3. The van der Waals surface area contributed by atoms with E-state index < -0.39 is 16.1 Å². The molecule has 13 heteroatoms. The average Bonchev–Trinajstić information content (AvgIpc) is 3.19. The van der Waals surface area contributed by atoms with Crippen molar-refractivity contribution < 1.29 is 22.8 Å². The first-order valence-electron chi connectivity index (χ1n) is 9.41. The van der Waals surface area contributed by atoms with E-state index in [2.05, 4.69) is 26.3 Å². The maximum absolute atomic E-state index is 12.2. The van der Waals surface area contributed by atoms with Crippen LogP contribution in [0.4, 0.5) is 21.3 Å². The highest BCUT2D eigenvalue weighted by Crippen LogP contribution is 2.18. The van der Waals surface area contributed by atoms with E-state index in [9.17, 15) is 22.8 Å². The average molecular weight is 489 g/mol. The first-order chi connectivity index (χ1) is 15.6. The van der Waals surface area contributed by atoms with Gasteiger partial charge in [-0.15, -0.1) is 11.3 Å². The molecule has 4 amide bonds. The van der Waals surface area contributed by atoms with Crippen molar-refractivity contribution in [2.45, 2.75) is 11.3 Å². The van der Waals surface area contributed by atoms with Gasteiger partial charge in [0.1, 0.15) is 0 Å². The predicted octanol–water partition coefficient (Wildman–Crippen LogP) is 1.98. The lowest BCUT2D eigenvalue weighted by Crippen LogP contribution is -2.20. The first-order valence-corrected chi connectivity index (χ1v) is 11.8. The largest absolute Gasteiger partial charge is 0.355 e. The smallest absolute Gasteiger partial charge is 0.325 e. The molecule has 33 heavy (non-hydrogen) atoms. The Kier molecular flexibility index (Phi) is 7.37. The number of amides is 4. The second-order valence-electron chi connectivity index (χ2n) is 6.67. The van der Waals surface area contributed by atoms with Crippen LogP contribution in [0.5, 0.6) is 0 Å². The normalized spacial score (nSPS) is 10.8. The van der Waals surface area contributed by atoms with Gasteiger partial charge in [0.25, 0.3) is 5.91 Å². The van der Waals surface area contributed by atoms with E-state index in [1.807, 2.05) is 0 Å². The Labute approximate surface area is 193 Å². The van der Waals surface area contributed by atoms with Crippen LogP contribution >= 0.6 is 11.3 Å². The number of sulfonamides is 1. The van der Waals surface area contributed by atoms with Gasteiger partial charge < -0.3 is 16.0 Å². The second kappa shape index (κ2) is 10.2. The van der Waals surface area contributed by atoms with Crippen LogP contribution in [0.3, 0.4) is 0 Å². The summed E-state index contributed by atoms with van der Waals surface area (Å²) in [6.45, 7) is 0. The third-order valence-electron chi connectivity index (χ3n) is 4.21.